The minimum absolute atomic E-state index is 0.0205. The Morgan fingerprint density at radius 2 is 2.00 bits per heavy atom. The van der Waals surface area contributed by atoms with Crippen molar-refractivity contribution in [2.45, 2.75) is 20.3 Å². The van der Waals surface area contributed by atoms with Crippen LogP contribution in [-0.4, -0.2) is 34.5 Å². The van der Waals surface area contributed by atoms with Crippen molar-refractivity contribution < 1.29 is 4.92 Å². The van der Waals surface area contributed by atoms with E-state index in [9.17, 15) is 10.1 Å². The number of hydrogen-bond donors (Lipinski definition) is 0. The quantitative estimate of drug-likeness (QED) is 0.624. The summed E-state index contributed by atoms with van der Waals surface area (Å²) in [5.74, 6) is 0.756. The molecule has 7 heteroatoms. The molecule has 1 aromatic heterocycles. The lowest BCUT2D eigenvalue weighted by atomic mass is 10.2. The number of benzene rings is 1. The van der Waals surface area contributed by atoms with Crippen molar-refractivity contribution in [2.24, 2.45) is 0 Å². The van der Waals surface area contributed by atoms with Crippen LogP contribution in [0.3, 0.4) is 0 Å². The van der Waals surface area contributed by atoms with E-state index in [0.29, 0.717) is 31.3 Å². The highest BCUT2D eigenvalue weighted by molar-refractivity contribution is 5.78. The van der Waals surface area contributed by atoms with Crippen LogP contribution in [0.4, 0.5) is 23.0 Å². The van der Waals surface area contributed by atoms with E-state index >= 15 is 0 Å². The van der Waals surface area contributed by atoms with Crippen LogP contribution in [0.1, 0.15) is 19.4 Å². The van der Waals surface area contributed by atoms with E-state index in [1.807, 2.05) is 47.9 Å². The van der Waals surface area contributed by atoms with Crippen LogP contribution < -0.4 is 9.80 Å². The van der Waals surface area contributed by atoms with E-state index in [4.69, 9.17) is 0 Å². The third-order valence-electron chi connectivity index (χ3n) is 4.17. The minimum Gasteiger partial charge on any atom is -0.351 e. The van der Waals surface area contributed by atoms with Gasteiger partial charge >= 0.3 is 5.69 Å². The summed E-state index contributed by atoms with van der Waals surface area (Å²) < 4.78 is 0. The van der Waals surface area contributed by atoms with Gasteiger partial charge in [-0.05, 0) is 31.9 Å². The molecule has 0 saturated heterocycles. The zero-order valence-corrected chi connectivity index (χ0v) is 13.3. The number of nitrogens with zero attached hydrogens (tertiary/aromatic N) is 5. The van der Waals surface area contributed by atoms with Crippen molar-refractivity contribution in [1.29, 1.82) is 0 Å². The molecule has 1 aliphatic rings. The largest absolute Gasteiger partial charge is 0.353 e. The van der Waals surface area contributed by atoms with Gasteiger partial charge in [-0.25, -0.2) is 9.97 Å². The monoisotopic (exact) mass is 313 g/mol. The van der Waals surface area contributed by atoms with Crippen molar-refractivity contribution in [1.82, 2.24) is 9.97 Å². The summed E-state index contributed by atoms with van der Waals surface area (Å²) in [6.07, 6.45) is 2.27. The van der Waals surface area contributed by atoms with Crippen LogP contribution >= 0.6 is 0 Å². The summed E-state index contributed by atoms with van der Waals surface area (Å²) in [5, 5.41) is 11.7. The average molecular weight is 313 g/mol. The van der Waals surface area contributed by atoms with Crippen LogP contribution in [-0.2, 0) is 6.42 Å². The summed E-state index contributed by atoms with van der Waals surface area (Å²) in [4.78, 5) is 23.6. The molecule has 120 valence electrons. The van der Waals surface area contributed by atoms with Crippen molar-refractivity contribution in [3.63, 3.8) is 0 Å². The highest BCUT2D eigenvalue weighted by Crippen LogP contribution is 2.40. The van der Waals surface area contributed by atoms with Gasteiger partial charge < -0.3 is 9.80 Å². The maximum Gasteiger partial charge on any atom is 0.353 e. The molecular formula is C16H19N5O2. The summed E-state index contributed by atoms with van der Waals surface area (Å²) in [6.45, 7) is 5.92. The molecule has 0 saturated carbocycles. The van der Waals surface area contributed by atoms with Gasteiger partial charge in [0, 0.05) is 25.3 Å². The zero-order valence-electron chi connectivity index (χ0n) is 13.3. The third-order valence-corrected chi connectivity index (χ3v) is 4.17. The minimum atomic E-state index is -0.371. The van der Waals surface area contributed by atoms with Crippen molar-refractivity contribution in [3.8, 4) is 0 Å². The van der Waals surface area contributed by atoms with Gasteiger partial charge in [0.1, 0.15) is 6.33 Å². The van der Waals surface area contributed by atoms with Gasteiger partial charge in [-0.1, -0.05) is 18.2 Å². The first-order valence-electron chi connectivity index (χ1n) is 7.77. The Balaban J connectivity index is 2.14. The molecule has 0 amide bonds. The van der Waals surface area contributed by atoms with Gasteiger partial charge in [0.25, 0.3) is 0 Å². The smallest absolute Gasteiger partial charge is 0.351 e. The van der Waals surface area contributed by atoms with Crippen molar-refractivity contribution >= 4 is 23.0 Å². The Kier molecular flexibility index (Phi) is 4.10. The van der Waals surface area contributed by atoms with Gasteiger partial charge in [-0.2, -0.15) is 0 Å². The number of nitro groups is 1. The second-order valence-electron chi connectivity index (χ2n) is 5.33. The first-order valence-corrected chi connectivity index (χ1v) is 7.77. The molecule has 1 aromatic carbocycles. The number of fused-ring (bicyclic) bond motifs is 1. The second kappa shape index (κ2) is 6.20. The Morgan fingerprint density at radius 1 is 1.26 bits per heavy atom. The predicted molar refractivity (Wildman–Crippen MR) is 89.4 cm³/mol. The lowest BCUT2D eigenvalue weighted by Gasteiger charge is -2.23. The Hall–Kier alpha value is -2.70. The van der Waals surface area contributed by atoms with Crippen LogP contribution in [0.5, 0.6) is 0 Å². The molecule has 0 aliphatic carbocycles. The molecule has 2 heterocycles. The third kappa shape index (κ3) is 2.58. The fourth-order valence-corrected chi connectivity index (χ4v) is 3.03. The number of para-hydroxylation sites is 1. The Labute approximate surface area is 134 Å². The highest BCUT2D eigenvalue weighted by atomic mass is 16.6. The predicted octanol–water partition coefficient (Wildman–Crippen LogP) is 2.93. The molecule has 3 rings (SSSR count). The maximum absolute atomic E-state index is 11.7. The van der Waals surface area contributed by atoms with Gasteiger partial charge in [0.2, 0.25) is 11.6 Å². The van der Waals surface area contributed by atoms with Crippen LogP contribution in [0, 0.1) is 10.1 Å². The summed E-state index contributed by atoms with van der Waals surface area (Å²) in [7, 11) is 0. The number of aromatic nitrogens is 2. The molecule has 0 fully saturated rings. The molecule has 0 N–H and O–H groups in total. The lowest BCUT2D eigenvalue weighted by molar-refractivity contribution is -0.383. The Morgan fingerprint density at radius 3 is 2.70 bits per heavy atom. The summed E-state index contributed by atoms with van der Waals surface area (Å²) >= 11 is 0. The topological polar surface area (TPSA) is 75.4 Å². The molecule has 2 aromatic rings. The van der Waals surface area contributed by atoms with E-state index in [2.05, 4.69) is 9.97 Å². The molecule has 7 nitrogen and oxygen atoms in total. The zero-order chi connectivity index (χ0) is 16.4. The first kappa shape index (κ1) is 15.2. The van der Waals surface area contributed by atoms with Gasteiger partial charge in [0.15, 0.2) is 0 Å². The molecule has 0 atom stereocenters. The lowest BCUT2D eigenvalue weighted by Crippen LogP contribution is -2.26. The molecule has 0 radical (unpaired) electrons. The molecular weight excluding hydrogens is 294 g/mol. The molecule has 0 bridgehead atoms. The summed E-state index contributed by atoms with van der Waals surface area (Å²) in [6, 6.07) is 7.95. The van der Waals surface area contributed by atoms with Gasteiger partial charge in [-0.15, -0.1) is 0 Å². The van der Waals surface area contributed by atoms with Crippen LogP contribution in [0.2, 0.25) is 0 Å². The van der Waals surface area contributed by atoms with Crippen LogP contribution in [0.25, 0.3) is 0 Å². The van der Waals surface area contributed by atoms with E-state index in [1.165, 1.54) is 11.9 Å². The highest BCUT2D eigenvalue weighted by Gasteiger charge is 2.32. The summed E-state index contributed by atoms with van der Waals surface area (Å²) in [5.41, 5.74) is 2.15. The second-order valence-corrected chi connectivity index (χ2v) is 5.33. The van der Waals surface area contributed by atoms with Crippen LogP contribution in [0.15, 0.2) is 30.6 Å². The normalized spacial score (nSPS) is 13.0. The fourth-order valence-electron chi connectivity index (χ4n) is 3.03. The average Bonchev–Trinajstić information content (AvgIpc) is 2.99. The van der Waals surface area contributed by atoms with Crippen molar-refractivity contribution in [2.75, 3.05) is 29.4 Å². The fraction of sp³-hybridized carbons (Fsp3) is 0.375. The number of anilines is 3. The van der Waals surface area contributed by atoms with E-state index < -0.39 is 0 Å². The number of rotatable bonds is 5. The maximum atomic E-state index is 11.7. The molecule has 0 unspecified atom stereocenters. The Bertz CT molecular complexity index is 730. The van der Waals surface area contributed by atoms with Gasteiger partial charge in [-0.3, -0.25) is 10.1 Å². The molecule has 23 heavy (non-hydrogen) atoms. The first-order chi connectivity index (χ1) is 11.2. The van der Waals surface area contributed by atoms with Crippen molar-refractivity contribution in [3.05, 3.63) is 46.3 Å². The number of hydrogen-bond acceptors (Lipinski definition) is 6. The molecule has 1 aliphatic heterocycles. The molecule has 0 spiro atoms. The SMILES string of the molecule is CCN(CC)c1ncnc(N2CCc3ccccc32)c1[N+](=O)[O-]. The van der Waals surface area contributed by atoms with E-state index in [-0.39, 0.29) is 10.6 Å². The van der Waals surface area contributed by atoms with E-state index in [1.54, 1.807) is 0 Å². The standard InChI is InChI=1S/C16H19N5O2/c1-3-19(4-2)15-14(21(22)23)16(18-11-17-15)20-10-9-12-7-5-6-8-13(12)20/h5-8,11H,3-4,9-10H2,1-2H3. The van der Waals surface area contributed by atoms with Gasteiger partial charge in [0.05, 0.1) is 4.92 Å². The van der Waals surface area contributed by atoms with E-state index in [0.717, 1.165) is 12.1 Å².